The third-order valence-electron chi connectivity index (χ3n) is 3.05. The van der Waals surface area contributed by atoms with Crippen LogP contribution in [-0.2, 0) is 36.9 Å². The van der Waals surface area contributed by atoms with E-state index in [9.17, 15) is 17.4 Å². The fraction of sp³-hybridized carbons (Fsp3) is 0.462. The topological polar surface area (TPSA) is 68.3 Å². The van der Waals surface area contributed by atoms with Crippen LogP contribution in [0.1, 0.15) is 42.3 Å². The summed E-state index contributed by atoms with van der Waals surface area (Å²) in [5.41, 5.74) is 1.21. The van der Waals surface area contributed by atoms with E-state index < -0.39 is 19.8 Å². The van der Waals surface area contributed by atoms with E-state index >= 15 is 0 Å². The zero-order valence-electron chi connectivity index (χ0n) is 11.7. The van der Waals surface area contributed by atoms with Gasteiger partial charge < -0.3 is 0 Å². The number of rotatable bonds is 5. The van der Waals surface area contributed by atoms with Gasteiger partial charge in [-0.3, -0.25) is 4.79 Å². The lowest BCUT2D eigenvalue weighted by Gasteiger charge is -2.15. The molecule has 0 unspecified atom stereocenters. The highest BCUT2D eigenvalue weighted by atomic mass is 35.5. The quantitative estimate of drug-likeness (QED) is 0.613. The number of hydrogen-bond acceptors (Lipinski definition) is 4. The third-order valence-corrected chi connectivity index (χ3v) is 5.03. The van der Waals surface area contributed by atoms with Crippen LogP contribution in [0, 0.1) is 0 Å². The number of sulfone groups is 1. The van der Waals surface area contributed by atoms with Crippen LogP contribution in [0.4, 0.5) is 0 Å². The van der Waals surface area contributed by atoms with E-state index in [0.29, 0.717) is 29.2 Å². The molecule has 0 aliphatic rings. The fourth-order valence-electron chi connectivity index (χ4n) is 1.92. The molecule has 1 rings (SSSR count). The van der Waals surface area contributed by atoms with Crippen molar-refractivity contribution < 1.29 is 17.4 Å². The van der Waals surface area contributed by atoms with Crippen molar-refractivity contribution in [2.45, 2.75) is 36.8 Å². The molecule has 0 fully saturated rings. The Morgan fingerprint density at radius 3 is 2.25 bits per heavy atom. The molecule has 0 heterocycles. The number of hydrogen-bond donors (Lipinski definition) is 0. The molecule has 0 aliphatic heterocycles. The smallest absolute Gasteiger partial charge is 0.276 e. The Morgan fingerprint density at radius 2 is 1.90 bits per heavy atom. The van der Waals surface area contributed by atoms with Gasteiger partial charge in [0.05, 0.1) is 4.90 Å². The molecular formula is C13H16ClO4S2+. The van der Waals surface area contributed by atoms with E-state index in [4.69, 9.17) is 11.6 Å². The van der Waals surface area contributed by atoms with E-state index in [-0.39, 0.29) is 10.5 Å². The molecule has 20 heavy (non-hydrogen) atoms. The maximum Gasteiger partial charge on any atom is 0.470 e. The molecular weight excluding hydrogens is 320 g/mol. The Hall–Kier alpha value is -0.850. The minimum atomic E-state index is -3.57. The van der Waals surface area contributed by atoms with Crippen LogP contribution in [0.3, 0.4) is 0 Å². The minimum Gasteiger partial charge on any atom is -0.276 e. The monoisotopic (exact) mass is 335 g/mol. The average molecular weight is 336 g/mol. The summed E-state index contributed by atoms with van der Waals surface area (Å²) in [5, 5.41) is -0.703. The summed E-state index contributed by atoms with van der Waals surface area (Å²) in [6.45, 7) is 5.13. The fourth-order valence-corrected chi connectivity index (χ4v) is 3.47. The predicted molar refractivity (Wildman–Crippen MR) is 80.2 cm³/mol. The van der Waals surface area contributed by atoms with Crippen LogP contribution < -0.4 is 0 Å². The highest BCUT2D eigenvalue weighted by Gasteiger charge is 2.40. The summed E-state index contributed by atoms with van der Waals surface area (Å²) < 4.78 is 34.2. The number of carbonyl (C=O) groups excluding carboxylic acids is 1. The first kappa shape index (κ1) is 17.2. The van der Waals surface area contributed by atoms with Crippen molar-refractivity contribution in [3.05, 3.63) is 28.8 Å². The first-order valence-corrected chi connectivity index (χ1v) is 8.94. The lowest BCUT2D eigenvalue weighted by Crippen LogP contribution is -2.20. The molecule has 0 N–H and O–H groups in total. The van der Waals surface area contributed by atoms with E-state index in [1.54, 1.807) is 19.9 Å². The van der Waals surface area contributed by atoms with Crippen LogP contribution >= 0.6 is 11.6 Å². The van der Waals surface area contributed by atoms with Gasteiger partial charge >= 0.3 is 11.7 Å². The number of halogens is 1. The molecule has 0 aliphatic carbocycles. The molecule has 1 aromatic rings. The summed E-state index contributed by atoms with van der Waals surface area (Å²) in [4.78, 5) is 11.4. The van der Waals surface area contributed by atoms with Gasteiger partial charge in [-0.05, 0) is 35.7 Å². The van der Waals surface area contributed by atoms with Crippen molar-refractivity contribution in [2.75, 3.05) is 6.26 Å². The van der Waals surface area contributed by atoms with Crippen LogP contribution in [0.5, 0.6) is 0 Å². The Morgan fingerprint density at radius 1 is 1.35 bits per heavy atom. The van der Waals surface area contributed by atoms with E-state index in [2.05, 4.69) is 0 Å². The molecule has 1 aromatic carbocycles. The van der Waals surface area contributed by atoms with Gasteiger partial charge in [0.1, 0.15) is 0 Å². The summed E-state index contributed by atoms with van der Waals surface area (Å²) >= 11 is 5.82. The first-order valence-electron chi connectivity index (χ1n) is 5.92. The van der Waals surface area contributed by atoms with Gasteiger partial charge in [0, 0.05) is 35.4 Å². The van der Waals surface area contributed by atoms with Crippen molar-refractivity contribution >= 4 is 38.3 Å². The molecule has 4 nitrogen and oxygen atoms in total. The normalized spacial score (nSPS) is 12.2. The molecule has 0 aromatic heterocycles. The lowest BCUT2D eigenvalue weighted by molar-refractivity contribution is 0.108. The molecule has 0 radical (unpaired) electrons. The van der Waals surface area contributed by atoms with Gasteiger partial charge in [0.2, 0.25) is 0 Å². The molecule has 0 amide bonds. The minimum absolute atomic E-state index is 0.0212. The maximum atomic E-state index is 11.9. The van der Waals surface area contributed by atoms with Crippen LogP contribution in [0.25, 0.3) is 0 Å². The van der Waals surface area contributed by atoms with Crippen LogP contribution in [0.2, 0.25) is 0 Å². The van der Waals surface area contributed by atoms with E-state index in [1.165, 1.54) is 6.07 Å². The highest BCUT2D eigenvalue weighted by Crippen LogP contribution is 2.32. The standard InChI is InChI=1S/C13H16ClO4S2/c1-5-8-6-10(13(2,3)19-16)11(20(4,17)18)7-9(8)12(14)15/h6-7H,5H2,1-4H3/q+1. The third kappa shape index (κ3) is 3.42. The summed E-state index contributed by atoms with van der Waals surface area (Å²) in [6.07, 6.45) is 1.57. The second-order valence-corrected chi connectivity index (χ2v) is 8.51. The van der Waals surface area contributed by atoms with Crippen molar-refractivity contribution in [1.29, 1.82) is 0 Å². The predicted octanol–water partition coefficient (Wildman–Crippen LogP) is 2.69. The van der Waals surface area contributed by atoms with Gasteiger partial charge in [-0.1, -0.05) is 6.92 Å². The summed E-state index contributed by atoms with van der Waals surface area (Å²) in [6, 6.07) is 2.87. The van der Waals surface area contributed by atoms with Gasteiger partial charge in [0.15, 0.2) is 9.84 Å². The van der Waals surface area contributed by atoms with Crippen molar-refractivity contribution in [1.82, 2.24) is 0 Å². The van der Waals surface area contributed by atoms with Gasteiger partial charge in [0.25, 0.3) is 9.99 Å². The zero-order valence-corrected chi connectivity index (χ0v) is 14.1. The number of aryl methyl sites for hydroxylation is 1. The van der Waals surface area contributed by atoms with Crippen molar-refractivity contribution in [3.8, 4) is 0 Å². The van der Waals surface area contributed by atoms with Crippen LogP contribution in [0.15, 0.2) is 17.0 Å². The van der Waals surface area contributed by atoms with Gasteiger partial charge in [-0.25, -0.2) is 8.42 Å². The summed E-state index contributed by atoms with van der Waals surface area (Å²) in [5.74, 6) is 0. The molecule has 110 valence electrons. The Bertz CT molecular complexity index is 663. The SMILES string of the molecule is CCc1cc(C(C)(C)[S+]=O)c(S(C)(=O)=O)cc1C(=O)Cl. The first-order chi connectivity index (χ1) is 9.04. The van der Waals surface area contributed by atoms with Gasteiger partial charge in [-0.2, -0.15) is 0 Å². The van der Waals surface area contributed by atoms with Crippen LogP contribution in [-0.4, -0.2) is 19.9 Å². The molecule has 0 atom stereocenters. The van der Waals surface area contributed by atoms with E-state index in [1.807, 2.05) is 6.92 Å². The molecule has 0 spiro atoms. The van der Waals surface area contributed by atoms with Gasteiger partial charge in [-0.15, -0.1) is 0 Å². The number of benzene rings is 1. The number of carbonyl (C=O) groups is 1. The van der Waals surface area contributed by atoms with Crippen molar-refractivity contribution in [2.24, 2.45) is 0 Å². The highest BCUT2D eigenvalue weighted by molar-refractivity contribution is 7.90. The lowest BCUT2D eigenvalue weighted by atomic mass is 9.95. The Balaban J connectivity index is 3.84. The summed E-state index contributed by atoms with van der Waals surface area (Å²) in [7, 11) is -3.57. The maximum absolute atomic E-state index is 11.9. The van der Waals surface area contributed by atoms with Crippen molar-refractivity contribution in [3.63, 3.8) is 0 Å². The Labute approximate surface area is 127 Å². The van der Waals surface area contributed by atoms with E-state index in [0.717, 1.165) is 6.26 Å². The second kappa shape index (κ2) is 5.87. The second-order valence-electron chi connectivity index (χ2n) is 5.00. The average Bonchev–Trinajstić information content (AvgIpc) is 2.35. The molecule has 0 saturated heterocycles. The zero-order chi connectivity index (χ0) is 15.7. The molecule has 7 heteroatoms. The largest absolute Gasteiger partial charge is 0.470 e. The Kier molecular flexibility index (Phi) is 5.05. The molecule has 0 bridgehead atoms. The molecule has 0 saturated carbocycles.